The number of nitrogens with two attached hydrogens (primary N) is 1. The van der Waals surface area contributed by atoms with Crippen LogP contribution in [0.2, 0.25) is 0 Å². The molecule has 1 saturated heterocycles. The van der Waals surface area contributed by atoms with Crippen molar-refractivity contribution in [3.05, 3.63) is 0 Å². The standard InChI is InChI=1S/C10H23N3/c1-8(11)9(2)13-6-5-12-10(3,4)7-13/h8-9,12H,5-7,11H2,1-4H3. The van der Waals surface area contributed by atoms with Crippen LogP contribution in [0.5, 0.6) is 0 Å². The lowest BCUT2D eigenvalue weighted by Gasteiger charge is -2.43. The summed E-state index contributed by atoms with van der Waals surface area (Å²) in [7, 11) is 0. The predicted octanol–water partition coefficient (Wildman–Crippen LogP) is 0.406. The third-order valence-corrected chi connectivity index (χ3v) is 2.94. The summed E-state index contributed by atoms with van der Waals surface area (Å²) < 4.78 is 0. The molecule has 0 aromatic carbocycles. The molecule has 0 aromatic rings. The Balaban J connectivity index is 2.51. The Hall–Kier alpha value is -0.120. The Morgan fingerprint density at radius 3 is 2.46 bits per heavy atom. The van der Waals surface area contributed by atoms with Crippen molar-refractivity contribution in [2.75, 3.05) is 19.6 Å². The summed E-state index contributed by atoms with van der Waals surface area (Å²) in [5.41, 5.74) is 6.13. The molecule has 1 aliphatic heterocycles. The van der Waals surface area contributed by atoms with E-state index in [2.05, 4.69) is 37.9 Å². The van der Waals surface area contributed by atoms with Gasteiger partial charge in [0, 0.05) is 37.3 Å². The molecule has 13 heavy (non-hydrogen) atoms. The Morgan fingerprint density at radius 1 is 1.38 bits per heavy atom. The van der Waals surface area contributed by atoms with Crippen molar-refractivity contribution in [3.8, 4) is 0 Å². The first-order valence-corrected chi connectivity index (χ1v) is 5.17. The molecule has 0 saturated carbocycles. The van der Waals surface area contributed by atoms with E-state index < -0.39 is 0 Å². The quantitative estimate of drug-likeness (QED) is 0.654. The van der Waals surface area contributed by atoms with Gasteiger partial charge in [-0.3, -0.25) is 4.90 Å². The van der Waals surface area contributed by atoms with Crippen LogP contribution in [-0.4, -0.2) is 42.2 Å². The lowest BCUT2D eigenvalue weighted by Crippen LogP contribution is -2.61. The van der Waals surface area contributed by atoms with E-state index in [9.17, 15) is 0 Å². The summed E-state index contributed by atoms with van der Waals surface area (Å²) >= 11 is 0. The van der Waals surface area contributed by atoms with Gasteiger partial charge in [-0.2, -0.15) is 0 Å². The van der Waals surface area contributed by atoms with Gasteiger partial charge in [-0.05, 0) is 27.7 Å². The van der Waals surface area contributed by atoms with Crippen molar-refractivity contribution in [1.29, 1.82) is 0 Å². The number of nitrogens with zero attached hydrogens (tertiary/aromatic N) is 1. The second-order valence-electron chi connectivity index (χ2n) is 4.88. The van der Waals surface area contributed by atoms with E-state index in [-0.39, 0.29) is 11.6 Å². The second-order valence-corrected chi connectivity index (χ2v) is 4.88. The summed E-state index contributed by atoms with van der Waals surface area (Å²) in [4.78, 5) is 2.47. The van der Waals surface area contributed by atoms with E-state index >= 15 is 0 Å². The molecule has 0 amide bonds. The maximum absolute atomic E-state index is 5.89. The van der Waals surface area contributed by atoms with E-state index in [1.807, 2.05) is 0 Å². The Labute approximate surface area is 81.7 Å². The Bertz CT molecular complexity index is 166. The van der Waals surface area contributed by atoms with E-state index in [1.54, 1.807) is 0 Å². The van der Waals surface area contributed by atoms with Crippen LogP contribution in [0.25, 0.3) is 0 Å². The molecule has 3 N–H and O–H groups in total. The molecule has 0 bridgehead atoms. The van der Waals surface area contributed by atoms with Gasteiger partial charge >= 0.3 is 0 Å². The van der Waals surface area contributed by atoms with Crippen LogP contribution in [0.15, 0.2) is 0 Å². The van der Waals surface area contributed by atoms with Crippen molar-refractivity contribution in [2.24, 2.45) is 5.73 Å². The van der Waals surface area contributed by atoms with Crippen LogP contribution in [0.4, 0.5) is 0 Å². The summed E-state index contributed by atoms with van der Waals surface area (Å²) in [5.74, 6) is 0. The van der Waals surface area contributed by atoms with Crippen molar-refractivity contribution in [3.63, 3.8) is 0 Å². The minimum Gasteiger partial charge on any atom is -0.327 e. The fourth-order valence-corrected chi connectivity index (χ4v) is 1.86. The normalized spacial score (nSPS) is 28.4. The van der Waals surface area contributed by atoms with Crippen LogP contribution in [0.3, 0.4) is 0 Å². The predicted molar refractivity (Wildman–Crippen MR) is 56.8 cm³/mol. The van der Waals surface area contributed by atoms with Crippen molar-refractivity contribution in [1.82, 2.24) is 10.2 Å². The van der Waals surface area contributed by atoms with Crippen LogP contribution in [0, 0.1) is 0 Å². The van der Waals surface area contributed by atoms with Crippen LogP contribution < -0.4 is 11.1 Å². The highest BCUT2D eigenvalue weighted by molar-refractivity contribution is 4.90. The van der Waals surface area contributed by atoms with Gasteiger partial charge in [0.05, 0.1) is 0 Å². The highest BCUT2D eigenvalue weighted by Gasteiger charge is 2.29. The maximum Gasteiger partial charge on any atom is 0.0252 e. The molecule has 1 rings (SSSR count). The average Bonchev–Trinajstić information content (AvgIpc) is 2.01. The monoisotopic (exact) mass is 185 g/mol. The Kier molecular flexibility index (Phi) is 3.33. The molecule has 3 nitrogen and oxygen atoms in total. The SMILES string of the molecule is CC(N)C(C)N1CCNC(C)(C)C1. The van der Waals surface area contributed by atoms with Gasteiger partial charge in [-0.25, -0.2) is 0 Å². The van der Waals surface area contributed by atoms with Gasteiger partial charge in [0.2, 0.25) is 0 Å². The number of piperazine rings is 1. The van der Waals surface area contributed by atoms with Gasteiger partial charge < -0.3 is 11.1 Å². The van der Waals surface area contributed by atoms with E-state index in [0.717, 1.165) is 19.6 Å². The number of nitrogens with one attached hydrogen (secondary N) is 1. The molecule has 0 spiro atoms. The highest BCUT2D eigenvalue weighted by atomic mass is 15.2. The first-order valence-electron chi connectivity index (χ1n) is 5.17. The van der Waals surface area contributed by atoms with Gasteiger partial charge in [-0.1, -0.05) is 0 Å². The van der Waals surface area contributed by atoms with Crippen LogP contribution in [0.1, 0.15) is 27.7 Å². The minimum absolute atomic E-state index is 0.238. The maximum atomic E-state index is 5.89. The number of hydrogen-bond donors (Lipinski definition) is 2. The number of rotatable bonds is 2. The molecule has 2 atom stereocenters. The van der Waals surface area contributed by atoms with Gasteiger partial charge in [0.25, 0.3) is 0 Å². The molecule has 1 heterocycles. The summed E-state index contributed by atoms with van der Waals surface area (Å²) in [5, 5.41) is 3.50. The summed E-state index contributed by atoms with van der Waals surface area (Å²) in [6.45, 7) is 12.1. The molecular weight excluding hydrogens is 162 g/mol. The van der Waals surface area contributed by atoms with Crippen molar-refractivity contribution in [2.45, 2.75) is 45.3 Å². The first kappa shape index (κ1) is 11.0. The lowest BCUT2D eigenvalue weighted by atomic mass is 9.99. The van der Waals surface area contributed by atoms with E-state index in [1.165, 1.54) is 0 Å². The highest BCUT2D eigenvalue weighted by Crippen LogP contribution is 2.13. The van der Waals surface area contributed by atoms with Crippen molar-refractivity contribution < 1.29 is 0 Å². The molecule has 3 heteroatoms. The van der Waals surface area contributed by atoms with E-state index in [0.29, 0.717) is 6.04 Å². The summed E-state index contributed by atoms with van der Waals surface area (Å²) in [6.07, 6.45) is 0. The molecule has 78 valence electrons. The minimum atomic E-state index is 0.238. The van der Waals surface area contributed by atoms with Gasteiger partial charge in [0.15, 0.2) is 0 Å². The fraction of sp³-hybridized carbons (Fsp3) is 1.00. The number of hydrogen-bond acceptors (Lipinski definition) is 3. The largest absolute Gasteiger partial charge is 0.327 e. The third-order valence-electron chi connectivity index (χ3n) is 2.94. The fourth-order valence-electron chi connectivity index (χ4n) is 1.86. The van der Waals surface area contributed by atoms with Crippen LogP contribution in [-0.2, 0) is 0 Å². The lowest BCUT2D eigenvalue weighted by molar-refractivity contribution is 0.106. The smallest absolute Gasteiger partial charge is 0.0252 e. The summed E-state index contributed by atoms with van der Waals surface area (Å²) in [6, 6.07) is 0.746. The molecule has 0 aliphatic carbocycles. The van der Waals surface area contributed by atoms with Crippen molar-refractivity contribution >= 4 is 0 Å². The molecule has 0 aromatic heterocycles. The topological polar surface area (TPSA) is 41.3 Å². The van der Waals surface area contributed by atoms with Gasteiger partial charge in [0.1, 0.15) is 0 Å². The molecule has 0 radical (unpaired) electrons. The molecule has 1 aliphatic rings. The zero-order chi connectivity index (χ0) is 10.1. The second kappa shape index (κ2) is 3.95. The zero-order valence-electron chi connectivity index (χ0n) is 9.30. The molecular formula is C10H23N3. The van der Waals surface area contributed by atoms with Gasteiger partial charge in [-0.15, -0.1) is 0 Å². The zero-order valence-corrected chi connectivity index (χ0v) is 9.30. The molecule has 1 fully saturated rings. The molecule has 2 unspecified atom stereocenters. The van der Waals surface area contributed by atoms with E-state index in [4.69, 9.17) is 5.73 Å². The average molecular weight is 185 g/mol. The van der Waals surface area contributed by atoms with Crippen LogP contribution >= 0.6 is 0 Å². The third kappa shape index (κ3) is 2.93. The first-order chi connectivity index (χ1) is 5.92. The Morgan fingerprint density at radius 2 is 2.00 bits per heavy atom.